The Kier molecular flexibility index (Phi) is 7.48. The number of carboxylic acids is 1. The average Bonchev–Trinajstić information content (AvgIpc) is 3.75. The maximum Gasteiger partial charge on any atom is 0.326 e. The highest BCUT2D eigenvalue weighted by Crippen LogP contribution is 2.68. The molecule has 7 rings (SSSR count). The van der Waals surface area contributed by atoms with Gasteiger partial charge in [0, 0.05) is 29.1 Å². The van der Waals surface area contributed by atoms with E-state index in [0.29, 0.717) is 50.8 Å². The standard InChI is InChI=1S/C30H33N3O9S2/c1-3-41-18-10-14(4-5-17(18)42-12-19(34)32-6-8-40-9-7-32)20-21-15-11-16(24(21)43-26-25(20)44-30(39)31-26)23-22(15)27(35)33(28(23)36)13(2)29(37)38/h4-5,10,13,15-16,20-24H,3,6-9,11-12H2,1-2H3,(H,31,39)(H,37,38)/t13?,15?,16?,20-,21?,22?,23?,24?/m1/s1. The van der Waals surface area contributed by atoms with Crippen molar-refractivity contribution in [3.63, 3.8) is 0 Å². The number of morpholine rings is 1. The smallest absolute Gasteiger partial charge is 0.326 e. The summed E-state index contributed by atoms with van der Waals surface area (Å²) in [5.41, 5.74) is 0.892. The number of fused-ring (bicyclic) bond motifs is 9. The molecule has 7 unspecified atom stereocenters. The molecule has 2 saturated heterocycles. The lowest BCUT2D eigenvalue weighted by Gasteiger charge is -2.43. The van der Waals surface area contributed by atoms with Crippen molar-refractivity contribution < 1.29 is 38.5 Å². The quantitative estimate of drug-likeness (QED) is 0.408. The molecule has 1 aromatic carbocycles. The van der Waals surface area contributed by atoms with Crippen LogP contribution < -0.4 is 14.3 Å². The van der Waals surface area contributed by atoms with Crippen molar-refractivity contribution in [2.24, 2.45) is 29.6 Å². The van der Waals surface area contributed by atoms with Crippen molar-refractivity contribution in [3.8, 4) is 11.5 Å². The normalized spacial score (nSPS) is 31.0. The molecule has 3 amide bonds. The molecule has 2 bridgehead atoms. The third-order valence-corrected chi connectivity index (χ3v) is 12.4. The third kappa shape index (κ3) is 4.55. The molecule has 0 spiro atoms. The number of carbonyl (C=O) groups excluding carboxylic acids is 3. The maximum atomic E-state index is 13.6. The summed E-state index contributed by atoms with van der Waals surface area (Å²) in [6, 6.07) is 4.38. The molecule has 14 heteroatoms. The maximum absolute atomic E-state index is 13.6. The van der Waals surface area contributed by atoms with Gasteiger partial charge in [0.2, 0.25) is 11.8 Å². The molecule has 4 heterocycles. The minimum absolute atomic E-state index is 0.0292. The van der Waals surface area contributed by atoms with Crippen LogP contribution in [0.3, 0.4) is 0 Å². The number of carbonyl (C=O) groups is 4. The van der Waals surface area contributed by atoms with Crippen LogP contribution in [0.25, 0.3) is 0 Å². The van der Waals surface area contributed by atoms with Gasteiger partial charge in [-0.25, -0.2) is 4.79 Å². The number of aromatic amines is 1. The molecular weight excluding hydrogens is 610 g/mol. The number of likely N-dealkylation sites (tertiary alicyclic amines) is 1. The first-order chi connectivity index (χ1) is 21.2. The first-order valence-corrected chi connectivity index (χ1v) is 16.6. The molecule has 1 aromatic heterocycles. The fourth-order valence-electron chi connectivity index (χ4n) is 8.05. The molecule has 2 saturated carbocycles. The second-order valence-electron chi connectivity index (χ2n) is 11.9. The predicted molar refractivity (Wildman–Crippen MR) is 158 cm³/mol. The van der Waals surface area contributed by atoms with Gasteiger partial charge in [0.1, 0.15) is 6.04 Å². The SMILES string of the molecule is CCOc1cc([C@H]2c3sc(=O)[nH]c3SC3C4CC(C5C(=O)N(C(C)C(=O)O)C(=O)C45)C32)ccc1OCC(=O)N1CCOCC1. The molecule has 2 aromatic rings. The number of imide groups is 1. The van der Waals surface area contributed by atoms with Crippen LogP contribution in [0.15, 0.2) is 28.0 Å². The first-order valence-electron chi connectivity index (χ1n) is 14.9. The van der Waals surface area contributed by atoms with E-state index < -0.39 is 35.7 Å². The molecule has 3 aliphatic heterocycles. The van der Waals surface area contributed by atoms with Crippen molar-refractivity contribution in [3.05, 3.63) is 38.3 Å². The lowest BCUT2D eigenvalue weighted by Crippen LogP contribution is -2.44. The lowest BCUT2D eigenvalue weighted by molar-refractivity contribution is -0.154. The Morgan fingerprint density at radius 2 is 1.82 bits per heavy atom. The molecule has 8 atom stereocenters. The van der Waals surface area contributed by atoms with Gasteiger partial charge in [-0.15, -0.1) is 11.8 Å². The Morgan fingerprint density at radius 3 is 2.52 bits per heavy atom. The summed E-state index contributed by atoms with van der Waals surface area (Å²) in [4.78, 5) is 70.6. The topological polar surface area (TPSA) is 156 Å². The fourth-order valence-corrected chi connectivity index (χ4v) is 10.9. The highest BCUT2D eigenvalue weighted by Gasteiger charge is 2.70. The number of nitrogens with zero attached hydrogens (tertiary/aromatic N) is 2. The summed E-state index contributed by atoms with van der Waals surface area (Å²) >= 11 is 2.72. The van der Waals surface area contributed by atoms with Crippen LogP contribution in [0.4, 0.5) is 0 Å². The zero-order chi connectivity index (χ0) is 30.9. The van der Waals surface area contributed by atoms with E-state index in [1.807, 2.05) is 19.1 Å². The van der Waals surface area contributed by atoms with Crippen LogP contribution in [-0.2, 0) is 23.9 Å². The van der Waals surface area contributed by atoms with Crippen molar-refractivity contribution in [1.29, 1.82) is 0 Å². The van der Waals surface area contributed by atoms with Crippen molar-refractivity contribution in [2.45, 2.75) is 42.5 Å². The van der Waals surface area contributed by atoms with Crippen LogP contribution in [0, 0.1) is 29.6 Å². The number of hydrogen-bond donors (Lipinski definition) is 2. The third-order valence-electron chi connectivity index (χ3n) is 9.84. The molecule has 5 aliphatic rings. The summed E-state index contributed by atoms with van der Waals surface area (Å²) in [7, 11) is 0. The van der Waals surface area contributed by atoms with Gasteiger partial charge >= 0.3 is 10.8 Å². The number of aromatic nitrogens is 1. The number of carboxylic acid groups (broad SMARTS) is 1. The van der Waals surface area contributed by atoms with Gasteiger partial charge in [-0.2, -0.15) is 0 Å². The van der Waals surface area contributed by atoms with Gasteiger partial charge < -0.3 is 29.2 Å². The van der Waals surface area contributed by atoms with Gasteiger partial charge in [0.15, 0.2) is 18.1 Å². The van der Waals surface area contributed by atoms with Crippen molar-refractivity contribution in [1.82, 2.24) is 14.8 Å². The van der Waals surface area contributed by atoms with Gasteiger partial charge in [0.25, 0.3) is 5.91 Å². The number of nitrogens with one attached hydrogen (secondary N) is 1. The number of hydrogen-bond acceptors (Lipinski definition) is 10. The first kappa shape index (κ1) is 29.4. The van der Waals surface area contributed by atoms with E-state index in [2.05, 4.69) is 4.98 Å². The number of benzene rings is 1. The van der Waals surface area contributed by atoms with E-state index in [-0.39, 0.29) is 46.3 Å². The van der Waals surface area contributed by atoms with E-state index in [1.54, 1.807) is 22.7 Å². The van der Waals surface area contributed by atoms with Crippen LogP contribution >= 0.6 is 23.1 Å². The minimum atomic E-state index is -1.22. The molecule has 4 fully saturated rings. The molecule has 12 nitrogen and oxygen atoms in total. The highest BCUT2D eigenvalue weighted by atomic mass is 32.2. The summed E-state index contributed by atoms with van der Waals surface area (Å²) in [5, 5.41) is 10.3. The highest BCUT2D eigenvalue weighted by molar-refractivity contribution is 8.00. The number of thiazole rings is 1. The van der Waals surface area contributed by atoms with E-state index in [4.69, 9.17) is 14.2 Å². The second-order valence-corrected chi connectivity index (χ2v) is 14.1. The van der Waals surface area contributed by atoms with E-state index in [1.165, 1.54) is 6.92 Å². The van der Waals surface area contributed by atoms with Crippen LogP contribution in [-0.4, -0.2) is 94.4 Å². The fraction of sp³-hybridized carbons (Fsp3) is 0.567. The molecule has 2 aliphatic carbocycles. The zero-order valence-corrected chi connectivity index (χ0v) is 25.9. The van der Waals surface area contributed by atoms with Gasteiger partial charge in [0.05, 0.1) is 36.7 Å². The minimum Gasteiger partial charge on any atom is -0.490 e. The van der Waals surface area contributed by atoms with Gasteiger partial charge in [-0.1, -0.05) is 17.4 Å². The lowest BCUT2D eigenvalue weighted by atomic mass is 9.68. The number of ether oxygens (including phenoxy) is 3. The molecule has 0 radical (unpaired) electrons. The Hall–Kier alpha value is -3.36. The van der Waals surface area contributed by atoms with E-state index in [0.717, 1.165) is 31.7 Å². The summed E-state index contributed by atoms with van der Waals surface area (Å²) in [6.45, 7) is 5.52. The summed E-state index contributed by atoms with van der Waals surface area (Å²) in [6.07, 6.45) is 0.698. The van der Waals surface area contributed by atoms with E-state index in [9.17, 15) is 29.1 Å². The number of H-pyrrole nitrogens is 1. The molecule has 234 valence electrons. The van der Waals surface area contributed by atoms with Crippen LogP contribution in [0.1, 0.15) is 36.6 Å². The Balaban J connectivity index is 1.22. The summed E-state index contributed by atoms with van der Waals surface area (Å²) in [5.74, 6) is -2.88. The van der Waals surface area contributed by atoms with E-state index >= 15 is 0 Å². The van der Waals surface area contributed by atoms with Crippen molar-refractivity contribution in [2.75, 3.05) is 39.5 Å². The average molecular weight is 644 g/mol. The Morgan fingerprint density at radius 1 is 1.09 bits per heavy atom. The second kappa shape index (κ2) is 11.2. The molecular formula is C30H33N3O9S2. The summed E-state index contributed by atoms with van der Waals surface area (Å²) < 4.78 is 17.2. The van der Waals surface area contributed by atoms with Crippen molar-refractivity contribution >= 4 is 46.8 Å². The monoisotopic (exact) mass is 643 g/mol. The number of thioether (sulfide) groups is 1. The number of amides is 3. The Labute approximate surface area is 261 Å². The predicted octanol–water partition coefficient (Wildman–Crippen LogP) is 2.02. The van der Waals surface area contributed by atoms with Gasteiger partial charge in [-0.3, -0.25) is 24.1 Å². The van der Waals surface area contributed by atoms with Gasteiger partial charge in [-0.05, 0) is 55.7 Å². The Bertz CT molecular complexity index is 1580. The number of aliphatic carboxylic acids is 1. The van der Waals surface area contributed by atoms with Crippen LogP contribution in [0.5, 0.6) is 11.5 Å². The molecule has 2 N–H and O–H groups in total. The largest absolute Gasteiger partial charge is 0.490 e. The van der Waals surface area contributed by atoms with Crippen LogP contribution in [0.2, 0.25) is 0 Å². The number of rotatable bonds is 8. The zero-order valence-electron chi connectivity index (χ0n) is 24.2. The molecule has 44 heavy (non-hydrogen) atoms.